The summed E-state index contributed by atoms with van der Waals surface area (Å²) >= 11 is 6.95. The van der Waals surface area contributed by atoms with Gasteiger partial charge in [0, 0.05) is 13.1 Å². The Labute approximate surface area is 103 Å². The molecule has 2 rings (SSSR count). The Hall–Kier alpha value is -0.810. The van der Waals surface area contributed by atoms with Crippen LogP contribution in [0.2, 0.25) is 5.15 Å². The maximum Gasteiger partial charge on any atom is 0.349 e. The van der Waals surface area contributed by atoms with Gasteiger partial charge in [-0.25, -0.2) is 9.78 Å². The number of anilines is 1. The van der Waals surface area contributed by atoms with Crippen LogP contribution in [-0.4, -0.2) is 29.1 Å². The maximum absolute atomic E-state index is 10.8. The van der Waals surface area contributed by atoms with E-state index >= 15 is 0 Å². The van der Waals surface area contributed by atoms with E-state index in [0.29, 0.717) is 5.92 Å². The van der Waals surface area contributed by atoms with Crippen molar-refractivity contribution in [2.75, 3.05) is 18.0 Å². The molecule has 1 unspecified atom stereocenters. The maximum atomic E-state index is 10.8. The molecule has 1 aliphatic rings. The zero-order valence-corrected chi connectivity index (χ0v) is 10.5. The van der Waals surface area contributed by atoms with Crippen LogP contribution in [0.3, 0.4) is 0 Å². The van der Waals surface area contributed by atoms with Crippen LogP contribution in [0.4, 0.5) is 5.13 Å². The molecule has 1 aliphatic heterocycles. The highest BCUT2D eigenvalue weighted by Gasteiger charge is 2.22. The van der Waals surface area contributed by atoms with Gasteiger partial charge in [0.25, 0.3) is 0 Å². The zero-order chi connectivity index (χ0) is 11.7. The van der Waals surface area contributed by atoms with Gasteiger partial charge in [0.05, 0.1) is 0 Å². The van der Waals surface area contributed by atoms with Crippen molar-refractivity contribution in [2.24, 2.45) is 5.92 Å². The summed E-state index contributed by atoms with van der Waals surface area (Å²) in [6.07, 6.45) is 2.35. The van der Waals surface area contributed by atoms with Crippen molar-refractivity contribution < 1.29 is 9.90 Å². The topological polar surface area (TPSA) is 53.4 Å². The fourth-order valence-electron chi connectivity index (χ4n) is 1.92. The van der Waals surface area contributed by atoms with Crippen molar-refractivity contribution in [1.29, 1.82) is 0 Å². The number of halogens is 1. The van der Waals surface area contributed by atoms with Gasteiger partial charge in [0.15, 0.2) is 15.2 Å². The quantitative estimate of drug-likeness (QED) is 0.888. The molecule has 0 bridgehead atoms. The van der Waals surface area contributed by atoms with Crippen LogP contribution in [0.1, 0.15) is 29.4 Å². The normalized spacial score (nSPS) is 21.1. The molecular weight excluding hydrogens is 248 g/mol. The van der Waals surface area contributed by atoms with E-state index in [1.54, 1.807) is 0 Å². The van der Waals surface area contributed by atoms with E-state index in [9.17, 15) is 4.79 Å². The number of hydrogen-bond acceptors (Lipinski definition) is 4. The predicted octanol–water partition coefficient (Wildman–Crippen LogP) is 2.73. The van der Waals surface area contributed by atoms with Gasteiger partial charge in [-0.3, -0.25) is 0 Å². The zero-order valence-electron chi connectivity index (χ0n) is 8.94. The van der Waals surface area contributed by atoms with Crippen molar-refractivity contribution >= 4 is 34.0 Å². The molecule has 0 spiro atoms. The molecular formula is C10H13ClN2O2S. The second-order valence-electron chi connectivity index (χ2n) is 4.11. The molecule has 2 heterocycles. The lowest BCUT2D eigenvalue weighted by Gasteiger charge is -2.30. The molecule has 4 nitrogen and oxygen atoms in total. The van der Waals surface area contributed by atoms with Crippen molar-refractivity contribution in [1.82, 2.24) is 4.98 Å². The van der Waals surface area contributed by atoms with E-state index in [-0.39, 0.29) is 10.0 Å². The first kappa shape index (κ1) is 11.7. The van der Waals surface area contributed by atoms with Gasteiger partial charge in [-0.2, -0.15) is 0 Å². The Morgan fingerprint density at radius 3 is 3.00 bits per heavy atom. The first-order valence-corrected chi connectivity index (χ1v) is 6.42. The number of aromatic carboxylic acids is 1. The number of aromatic nitrogens is 1. The molecule has 1 saturated heterocycles. The van der Waals surface area contributed by atoms with Gasteiger partial charge in [0.2, 0.25) is 0 Å². The summed E-state index contributed by atoms with van der Waals surface area (Å²) in [5.74, 6) is -0.372. The third-order valence-corrected chi connectivity index (χ3v) is 4.19. The molecule has 0 saturated carbocycles. The number of nitrogens with zero attached hydrogens (tertiary/aromatic N) is 2. The van der Waals surface area contributed by atoms with Crippen LogP contribution in [-0.2, 0) is 0 Å². The van der Waals surface area contributed by atoms with Gasteiger partial charge in [-0.15, -0.1) is 0 Å². The van der Waals surface area contributed by atoms with Crippen LogP contribution in [0.15, 0.2) is 0 Å². The second-order valence-corrected chi connectivity index (χ2v) is 5.45. The number of hydrogen-bond donors (Lipinski definition) is 1. The standard InChI is InChI=1S/C10H13ClN2O2S/c1-6-3-2-4-13(5-6)10-12-8(11)7(16-10)9(14)15/h6H,2-5H2,1H3,(H,14,15). The predicted molar refractivity (Wildman–Crippen MR) is 64.7 cm³/mol. The highest BCUT2D eigenvalue weighted by atomic mass is 35.5. The molecule has 1 atom stereocenters. The Balaban J connectivity index is 2.20. The number of carboxylic acid groups (broad SMARTS) is 1. The Morgan fingerprint density at radius 1 is 1.69 bits per heavy atom. The minimum Gasteiger partial charge on any atom is -0.477 e. The van der Waals surface area contributed by atoms with Gasteiger partial charge in [0.1, 0.15) is 0 Å². The highest BCUT2D eigenvalue weighted by molar-refractivity contribution is 7.18. The molecule has 0 radical (unpaired) electrons. The number of rotatable bonds is 2. The third kappa shape index (κ3) is 2.30. The molecule has 88 valence electrons. The molecule has 1 fully saturated rings. The number of thiazole rings is 1. The van der Waals surface area contributed by atoms with Gasteiger partial charge in [-0.1, -0.05) is 29.9 Å². The van der Waals surface area contributed by atoms with Gasteiger partial charge in [-0.05, 0) is 18.8 Å². The SMILES string of the molecule is CC1CCCN(c2nc(Cl)c(C(=O)O)s2)C1. The van der Waals surface area contributed by atoms with Crippen LogP contribution in [0, 0.1) is 5.92 Å². The minimum atomic E-state index is -1.00. The van der Waals surface area contributed by atoms with E-state index in [1.165, 1.54) is 6.42 Å². The molecule has 1 N–H and O–H groups in total. The molecule has 1 aromatic rings. The average Bonchev–Trinajstić information content (AvgIpc) is 2.60. The second kappa shape index (κ2) is 4.59. The number of piperidine rings is 1. The smallest absolute Gasteiger partial charge is 0.349 e. The van der Waals surface area contributed by atoms with Crippen molar-refractivity contribution in [3.8, 4) is 0 Å². The lowest BCUT2D eigenvalue weighted by atomic mass is 10.0. The minimum absolute atomic E-state index is 0.103. The highest BCUT2D eigenvalue weighted by Crippen LogP contribution is 2.32. The Morgan fingerprint density at radius 2 is 2.44 bits per heavy atom. The third-order valence-electron chi connectivity index (χ3n) is 2.70. The van der Waals surface area contributed by atoms with E-state index in [0.717, 1.165) is 36.0 Å². The number of carbonyl (C=O) groups is 1. The largest absolute Gasteiger partial charge is 0.477 e. The van der Waals surface area contributed by atoms with Gasteiger partial charge < -0.3 is 10.0 Å². The summed E-state index contributed by atoms with van der Waals surface area (Å²) in [5.41, 5.74) is 0. The Bertz CT molecular complexity index is 408. The van der Waals surface area contributed by atoms with Gasteiger partial charge >= 0.3 is 5.97 Å². The lowest BCUT2D eigenvalue weighted by molar-refractivity contribution is 0.0702. The molecule has 6 heteroatoms. The molecule has 16 heavy (non-hydrogen) atoms. The van der Waals surface area contributed by atoms with Crippen LogP contribution in [0.5, 0.6) is 0 Å². The summed E-state index contributed by atoms with van der Waals surface area (Å²) in [4.78, 5) is 17.2. The van der Waals surface area contributed by atoms with E-state index < -0.39 is 5.97 Å². The van der Waals surface area contributed by atoms with Crippen LogP contribution in [0.25, 0.3) is 0 Å². The van der Waals surface area contributed by atoms with Crippen LogP contribution >= 0.6 is 22.9 Å². The Kier molecular flexibility index (Phi) is 3.35. The molecule has 1 aromatic heterocycles. The summed E-state index contributed by atoms with van der Waals surface area (Å²) in [5, 5.41) is 9.73. The van der Waals surface area contributed by atoms with E-state index in [2.05, 4.69) is 16.8 Å². The molecule has 0 aliphatic carbocycles. The average molecular weight is 261 g/mol. The molecule has 0 aromatic carbocycles. The summed E-state index contributed by atoms with van der Waals surface area (Å²) < 4.78 is 0. The van der Waals surface area contributed by atoms with E-state index in [4.69, 9.17) is 16.7 Å². The first-order valence-electron chi connectivity index (χ1n) is 5.22. The summed E-state index contributed by atoms with van der Waals surface area (Å²) in [6, 6.07) is 0. The van der Waals surface area contributed by atoms with Crippen molar-refractivity contribution in [3.05, 3.63) is 10.0 Å². The van der Waals surface area contributed by atoms with Crippen molar-refractivity contribution in [3.63, 3.8) is 0 Å². The fraction of sp³-hybridized carbons (Fsp3) is 0.600. The first-order chi connectivity index (χ1) is 7.58. The fourth-order valence-corrected chi connectivity index (χ4v) is 3.08. The summed E-state index contributed by atoms with van der Waals surface area (Å²) in [7, 11) is 0. The van der Waals surface area contributed by atoms with E-state index in [1.807, 2.05) is 0 Å². The lowest BCUT2D eigenvalue weighted by Crippen LogP contribution is -2.34. The monoisotopic (exact) mass is 260 g/mol. The van der Waals surface area contributed by atoms with Crippen molar-refractivity contribution in [2.45, 2.75) is 19.8 Å². The van der Waals surface area contributed by atoms with Crippen LogP contribution < -0.4 is 4.90 Å². The summed E-state index contributed by atoms with van der Waals surface area (Å²) in [6.45, 7) is 4.07. The molecule has 0 amide bonds. The number of carboxylic acids is 1.